The van der Waals surface area contributed by atoms with E-state index in [1.54, 1.807) is 21.3 Å². The first-order valence-corrected chi connectivity index (χ1v) is 9.45. The van der Waals surface area contributed by atoms with Gasteiger partial charge in [0.15, 0.2) is 5.96 Å². The van der Waals surface area contributed by atoms with Gasteiger partial charge in [-0.3, -0.25) is 4.99 Å². The number of nitrogens with zero attached hydrogens (tertiary/aromatic N) is 1. The Morgan fingerprint density at radius 1 is 0.929 bits per heavy atom. The Labute approximate surface area is 167 Å². The van der Waals surface area contributed by atoms with Crippen molar-refractivity contribution in [3.8, 4) is 17.2 Å². The molecule has 0 amide bonds. The van der Waals surface area contributed by atoms with E-state index < -0.39 is 0 Å². The number of ether oxygens (including phenoxy) is 3. The minimum Gasteiger partial charge on any atom is -0.497 e. The summed E-state index contributed by atoms with van der Waals surface area (Å²) in [5.41, 5.74) is 1.17. The van der Waals surface area contributed by atoms with E-state index in [4.69, 9.17) is 14.2 Å². The fourth-order valence-corrected chi connectivity index (χ4v) is 2.84. The van der Waals surface area contributed by atoms with Crippen molar-refractivity contribution >= 4 is 5.96 Å². The molecule has 2 N–H and O–H groups in total. The van der Waals surface area contributed by atoms with E-state index >= 15 is 0 Å². The van der Waals surface area contributed by atoms with Gasteiger partial charge in [0.1, 0.15) is 23.4 Å². The van der Waals surface area contributed by atoms with Crippen molar-refractivity contribution in [3.05, 3.63) is 54.1 Å². The van der Waals surface area contributed by atoms with Crippen molar-refractivity contribution in [1.82, 2.24) is 10.6 Å². The van der Waals surface area contributed by atoms with Gasteiger partial charge in [0, 0.05) is 25.6 Å². The Kier molecular flexibility index (Phi) is 8.46. The molecule has 0 fully saturated rings. The van der Waals surface area contributed by atoms with E-state index in [9.17, 15) is 0 Å². The Bertz CT molecular complexity index is 764. The highest BCUT2D eigenvalue weighted by molar-refractivity contribution is 5.79. The zero-order valence-corrected chi connectivity index (χ0v) is 17.4. The van der Waals surface area contributed by atoms with Gasteiger partial charge in [0.25, 0.3) is 0 Å². The molecule has 0 aliphatic rings. The number of rotatable bonds is 9. The Hall–Kier alpha value is -2.89. The van der Waals surface area contributed by atoms with E-state index in [0.29, 0.717) is 6.54 Å². The number of hydrogen-bond donors (Lipinski definition) is 2. The van der Waals surface area contributed by atoms with Gasteiger partial charge in [0.2, 0.25) is 0 Å². The lowest BCUT2D eigenvalue weighted by atomic mass is 10.0. The van der Waals surface area contributed by atoms with Gasteiger partial charge in [-0.25, -0.2) is 0 Å². The zero-order chi connectivity index (χ0) is 20.4. The molecule has 0 heterocycles. The summed E-state index contributed by atoms with van der Waals surface area (Å²) in [6.07, 6.45) is -0.0303. The molecule has 2 aromatic carbocycles. The Morgan fingerprint density at radius 3 is 2.36 bits per heavy atom. The molecule has 0 saturated heterocycles. The number of benzene rings is 2. The van der Waals surface area contributed by atoms with Gasteiger partial charge in [0.05, 0.1) is 20.8 Å². The fourth-order valence-electron chi connectivity index (χ4n) is 2.84. The third-order valence-corrected chi connectivity index (χ3v) is 4.40. The SMILES string of the molecule is CN=C(NCC(C)Oc1cccc(OC)c1)NCC(C)c1ccccc1OC. The topological polar surface area (TPSA) is 64.1 Å². The third-order valence-electron chi connectivity index (χ3n) is 4.40. The van der Waals surface area contributed by atoms with Crippen molar-refractivity contribution in [1.29, 1.82) is 0 Å². The predicted molar refractivity (Wildman–Crippen MR) is 114 cm³/mol. The molecule has 6 heteroatoms. The molecule has 0 saturated carbocycles. The average Bonchev–Trinajstić information content (AvgIpc) is 2.73. The first-order valence-electron chi connectivity index (χ1n) is 9.45. The monoisotopic (exact) mass is 385 g/mol. The van der Waals surface area contributed by atoms with Crippen LogP contribution in [0.3, 0.4) is 0 Å². The van der Waals surface area contributed by atoms with Crippen LogP contribution in [0.1, 0.15) is 25.3 Å². The highest BCUT2D eigenvalue weighted by Crippen LogP contribution is 2.25. The first-order chi connectivity index (χ1) is 13.6. The quantitative estimate of drug-likeness (QED) is 0.511. The highest BCUT2D eigenvalue weighted by atomic mass is 16.5. The van der Waals surface area contributed by atoms with Crippen LogP contribution in [-0.2, 0) is 0 Å². The number of para-hydroxylation sites is 1. The molecule has 0 aliphatic carbocycles. The van der Waals surface area contributed by atoms with Crippen LogP contribution in [0.5, 0.6) is 17.2 Å². The number of nitrogens with one attached hydrogen (secondary N) is 2. The van der Waals surface area contributed by atoms with Gasteiger partial charge in [-0.2, -0.15) is 0 Å². The lowest BCUT2D eigenvalue weighted by Crippen LogP contribution is -2.42. The smallest absolute Gasteiger partial charge is 0.191 e. The van der Waals surface area contributed by atoms with Crippen molar-refractivity contribution in [2.45, 2.75) is 25.9 Å². The van der Waals surface area contributed by atoms with E-state index in [0.717, 1.165) is 29.8 Å². The highest BCUT2D eigenvalue weighted by Gasteiger charge is 2.12. The van der Waals surface area contributed by atoms with E-state index in [1.165, 1.54) is 5.56 Å². The molecule has 152 valence electrons. The average molecular weight is 386 g/mol. The van der Waals surface area contributed by atoms with Gasteiger partial charge in [-0.1, -0.05) is 31.2 Å². The van der Waals surface area contributed by atoms with E-state index in [-0.39, 0.29) is 12.0 Å². The predicted octanol–water partition coefficient (Wildman–Crippen LogP) is 3.44. The van der Waals surface area contributed by atoms with Crippen molar-refractivity contribution in [2.75, 3.05) is 34.4 Å². The molecule has 2 unspecified atom stereocenters. The van der Waals surface area contributed by atoms with E-state index in [1.807, 2.05) is 49.4 Å². The van der Waals surface area contributed by atoms with Gasteiger partial charge in [-0.05, 0) is 30.7 Å². The summed E-state index contributed by atoms with van der Waals surface area (Å²) in [6.45, 7) is 5.54. The van der Waals surface area contributed by atoms with E-state index in [2.05, 4.69) is 28.6 Å². The van der Waals surface area contributed by atoms with Crippen LogP contribution in [0.2, 0.25) is 0 Å². The molecule has 2 rings (SSSR count). The van der Waals surface area contributed by atoms with Crippen LogP contribution >= 0.6 is 0 Å². The van der Waals surface area contributed by atoms with Crippen molar-refractivity contribution in [3.63, 3.8) is 0 Å². The molecule has 0 aliphatic heterocycles. The van der Waals surface area contributed by atoms with Crippen LogP contribution in [0, 0.1) is 0 Å². The summed E-state index contributed by atoms with van der Waals surface area (Å²) in [4.78, 5) is 4.29. The summed E-state index contributed by atoms with van der Waals surface area (Å²) in [7, 11) is 5.10. The molecule has 2 atom stereocenters. The van der Waals surface area contributed by atoms with Crippen LogP contribution in [0.15, 0.2) is 53.5 Å². The molecule has 0 spiro atoms. The second kappa shape index (κ2) is 11.1. The largest absolute Gasteiger partial charge is 0.497 e. The molecule has 2 aromatic rings. The van der Waals surface area contributed by atoms with Gasteiger partial charge in [-0.15, -0.1) is 0 Å². The lowest BCUT2D eigenvalue weighted by molar-refractivity contribution is 0.223. The standard InChI is InChI=1S/C22H31N3O3/c1-16(20-11-6-7-12-21(20)27-5)14-24-22(23-3)25-15-17(2)28-19-10-8-9-18(13-19)26-4/h6-13,16-17H,14-15H2,1-5H3,(H2,23,24,25). The Morgan fingerprint density at radius 2 is 1.64 bits per heavy atom. The second-order valence-electron chi connectivity index (χ2n) is 6.58. The summed E-state index contributed by atoms with van der Waals surface area (Å²) >= 11 is 0. The molecule has 28 heavy (non-hydrogen) atoms. The maximum Gasteiger partial charge on any atom is 0.191 e. The number of methoxy groups -OCH3 is 2. The normalized spacial score (nSPS) is 13.4. The number of hydrogen-bond acceptors (Lipinski definition) is 4. The minimum atomic E-state index is -0.0303. The fraction of sp³-hybridized carbons (Fsp3) is 0.409. The molecule has 0 bridgehead atoms. The maximum absolute atomic E-state index is 5.94. The number of guanidine groups is 1. The minimum absolute atomic E-state index is 0.0303. The third kappa shape index (κ3) is 6.37. The van der Waals surface area contributed by atoms with Gasteiger partial charge < -0.3 is 24.8 Å². The second-order valence-corrected chi connectivity index (χ2v) is 6.58. The zero-order valence-electron chi connectivity index (χ0n) is 17.4. The Balaban J connectivity index is 1.82. The summed E-state index contributed by atoms with van der Waals surface area (Å²) in [6, 6.07) is 15.7. The summed E-state index contributed by atoms with van der Waals surface area (Å²) in [5.74, 6) is 3.48. The summed E-state index contributed by atoms with van der Waals surface area (Å²) in [5, 5.41) is 6.67. The maximum atomic E-state index is 5.94. The van der Waals surface area contributed by atoms with Crippen molar-refractivity contribution in [2.24, 2.45) is 4.99 Å². The van der Waals surface area contributed by atoms with Gasteiger partial charge >= 0.3 is 0 Å². The van der Waals surface area contributed by atoms with Crippen LogP contribution in [0.4, 0.5) is 0 Å². The molecule has 0 radical (unpaired) electrons. The van der Waals surface area contributed by atoms with Crippen molar-refractivity contribution < 1.29 is 14.2 Å². The molecular weight excluding hydrogens is 354 g/mol. The summed E-state index contributed by atoms with van der Waals surface area (Å²) < 4.78 is 16.6. The molecule has 0 aromatic heterocycles. The lowest BCUT2D eigenvalue weighted by Gasteiger charge is -2.20. The first kappa shape index (κ1) is 21.4. The number of aliphatic imine (C=N–C) groups is 1. The van der Waals surface area contributed by atoms with Crippen LogP contribution in [-0.4, -0.2) is 46.4 Å². The van der Waals surface area contributed by atoms with Crippen LogP contribution < -0.4 is 24.8 Å². The molecular formula is C22H31N3O3. The van der Waals surface area contributed by atoms with Crippen LogP contribution in [0.25, 0.3) is 0 Å². The molecule has 6 nitrogen and oxygen atoms in total.